The zero-order valence-electron chi connectivity index (χ0n) is 16.2. The van der Waals surface area contributed by atoms with Gasteiger partial charge in [-0.1, -0.05) is 36.4 Å². The number of nitrogens with zero attached hydrogens (tertiary/aromatic N) is 1. The molecule has 3 rings (SSSR count). The number of hydrogen-bond acceptors (Lipinski definition) is 5. The van der Waals surface area contributed by atoms with E-state index >= 15 is 0 Å². The van der Waals surface area contributed by atoms with Gasteiger partial charge in [-0.3, -0.25) is 9.59 Å². The molecule has 0 aromatic heterocycles. The van der Waals surface area contributed by atoms with Crippen LogP contribution in [-0.2, 0) is 9.59 Å². The molecule has 3 N–H and O–H groups in total. The summed E-state index contributed by atoms with van der Waals surface area (Å²) < 4.78 is 5.51. The number of methoxy groups -OCH3 is 1. The van der Waals surface area contributed by atoms with Crippen molar-refractivity contribution < 1.29 is 19.4 Å². The van der Waals surface area contributed by atoms with E-state index in [0.29, 0.717) is 15.7 Å². The Kier molecular flexibility index (Phi) is 7.03. The van der Waals surface area contributed by atoms with Crippen molar-refractivity contribution in [3.8, 4) is 11.5 Å². The maximum atomic E-state index is 12.2. The van der Waals surface area contributed by atoms with E-state index in [9.17, 15) is 14.7 Å². The van der Waals surface area contributed by atoms with Gasteiger partial charge in [-0.25, -0.2) is 5.43 Å². The van der Waals surface area contributed by atoms with Gasteiger partial charge in [0.15, 0.2) is 11.5 Å². The van der Waals surface area contributed by atoms with Crippen LogP contribution in [0.4, 0.5) is 5.69 Å². The molecule has 3 aromatic carbocycles. The number of fused-ring (bicyclic) bond motifs is 1. The van der Waals surface area contributed by atoms with Gasteiger partial charge in [0.05, 0.1) is 17.8 Å². The fourth-order valence-corrected chi connectivity index (χ4v) is 3.29. The number of hydrogen-bond donors (Lipinski definition) is 3. The summed E-state index contributed by atoms with van der Waals surface area (Å²) in [6.07, 6.45) is 1.44. The van der Waals surface area contributed by atoms with Crippen LogP contribution in [-0.4, -0.2) is 30.2 Å². The lowest BCUT2D eigenvalue weighted by Crippen LogP contribution is -2.20. The molecule has 0 saturated carbocycles. The van der Waals surface area contributed by atoms with Crippen LogP contribution < -0.4 is 15.5 Å². The van der Waals surface area contributed by atoms with Crippen molar-refractivity contribution >= 4 is 50.4 Å². The molecule has 2 amide bonds. The second kappa shape index (κ2) is 9.89. The lowest BCUT2D eigenvalue weighted by molar-refractivity contribution is -0.124. The largest absolute Gasteiger partial charge is 0.503 e. The van der Waals surface area contributed by atoms with E-state index in [1.165, 1.54) is 13.3 Å². The van der Waals surface area contributed by atoms with Crippen molar-refractivity contribution in [3.05, 3.63) is 64.6 Å². The number of rotatable bonds is 7. The summed E-state index contributed by atoms with van der Waals surface area (Å²) in [4.78, 5) is 24.2. The Bertz CT molecular complexity index is 1110. The summed E-state index contributed by atoms with van der Waals surface area (Å²) in [5.74, 6) is -0.375. The molecule has 0 aliphatic heterocycles. The first kappa shape index (κ1) is 21.3. The smallest absolute Gasteiger partial charge is 0.240 e. The molecule has 0 spiro atoms. The summed E-state index contributed by atoms with van der Waals surface area (Å²) in [6, 6.07) is 16.6. The Hall–Kier alpha value is -3.39. The van der Waals surface area contributed by atoms with E-state index in [2.05, 4.69) is 31.8 Å². The fraction of sp³-hybridized carbons (Fsp3) is 0.136. The van der Waals surface area contributed by atoms with Crippen molar-refractivity contribution in [2.75, 3.05) is 12.4 Å². The monoisotopic (exact) mass is 469 g/mol. The second-order valence-corrected chi connectivity index (χ2v) is 7.28. The minimum Gasteiger partial charge on any atom is -0.503 e. The average molecular weight is 470 g/mol. The number of aromatic hydroxyl groups is 1. The third-order valence-electron chi connectivity index (χ3n) is 4.32. The van der Waals surface area contributed by atoms with Gasteiger partial charge in [0.2, 0.25) is 11.8 Å². The SMILES string of the molecule is COc1cc(/C=N/NC(=O)CCC(=O)Nc2cccc3ccccc23)cc(Br)c1O. The third kappa shape index (κ3) is 5.36. The lowest BCUT2D eigenvalue weighted by Gasteiger charge is -2.08. The first-order valence-corrected chi connectivity index (χ1v) is 9.93. The summed E-state index contributed by atoms with van der Waals surface area (Å²) in [6.45, 7) is 0. The highest BCUT2D eigenvalue weighted by Gasteiger charge is 2.09. The van der Waals surface area contributed by atoms with Gasteiger partial charge < -0.3 is 15.2 Å². The number of carbonyl (C=O) groups excluding carboxylic acids is 2. The third-order valence-corrected chi connectivity index (χ3v) is 4.92. The molecule has 0 radical (unpaired) electrons. The van der Waals surface area contributed by atoms with Crippen molar-refractivity contribution in [3.63, 3.8) is 0 Å². The molecule has 0 fully saturated rings. The summed E-state index contributed by atoms with van der Waals surface area (Å²) in [5, 5.41) is 18.5. The summed E-state index contributed by atoms with van der Waals surface area (Å²) >= 11 is 3.22. The zero-order valence-corrected chi connectivity index (χ0v) is 17.8. The van der Waals surface area contributed by atoms with Crippen LogP contribution in [0.25, 0.3) is 10.8 Å². The van der Waals surface area contributed by atoms with Crippen molar-refractivity contribution in [1.82, 2.24) is 5.43 Å². The van der Waals surface area contributed by atoms with Crippen LogP contribution in [0, 0.1) is 0 Å². The molecule has 3 aromatic rings. The first-order valence-electron chi connectivity index (χ1n) is 9.14. The quantitative estimate of drug-likeness (QED) is 0.356. The van der Waals surface area contributed by atoms with E-state index in [4.69, 9.17) is 4.74 Å². The molecule has 7 nitrogen and oxygen atoms in total. The van der Waals surface area contributed by atoms with Gasteiger partial charge in [-0.15, -0.1) is 0 Å². The minimum absolute atomic E-state index is 0.00344. The molecule has 0 bridgehead atoms. The van der Waals surface area contributed by atoms with Crippen molar-refractivity contribution in [2.45, 2.75) is 12.8 Å². The average Bonchev–Trinajstić information content (AvgIpc) is 2.75. The highest BCUT2D eigenvalue weighted by atomic mass is 79.9. The van der Waals surface area contributed by atoms with Crippen molar-refractivity contribution in [1.29, 1.82) is 0 Å². The maximum absolute atomic E-state index is 12.2. The first-order chi connectivity index (χ1) is 14.5. The number of amides is 2. The van der Waals surface area contributed by atoms with Crippen LogP contribution in [0.5, 0.6) is 11.5 Å². The zero-order chi connectivity index (χ0) is 21.5. The molecule has 154 valence electrons. The van der Waals surface area contributed by atoms with E-state index < -0.39 is 0 Å². The number of hydrazone groups is 1. The van der Waals surface area contributed by atoms with Gasteiger partial charge in [-0.05, 0) is 45.1 Å². The maximum Gasteiger partial charge on any atom is 0.240 e. The van der Waals surface area contributed by atoms with E-state index in [1.54, 1.807) is 12.1 Å². The number of nitrogens with one attached hydrogen (secondary N) is 2. The molecule has 0 heterocycles. The molecule has 0 atom stereocenters. The molecular formula is C22H20BrN3O4. The molecule has 0 saturated heterocycles. The van der Waals surface area contributed by atoms with Crippen LogP contribution in [0.3, 0.4) is 0 Å². The van der Waals surface area contributed by atoms with E-state index in [-0.39, 0.29) is 36.2 Å². The van der Waals surface area contributed by atoms with Gasteiger partial charge >= 0.3 is 0 Å². The van der Waals surface area contributed by atoms with Crippen LogP contribution in [0.1, 0.15) is 18.4 Å². The summed E-state index contributed by atoms with van der Waals surface area (Å²) in [7, 11) is 1.44. The Morgan fingerprint density at radius 1 is 1.10 bits per heavy atom. The number of phenolic OH excluding ortho intramolecular Hbond substituents is 1. The standard InChI is InChI=1S/C22H20BrN3O4/c1-30-19-12-14(11-17(23)22(19)29)13-24-26-21(28)10-9-20(27)25-18-8-4-6-15-5-2-3-7-16(15)18/h2-8,11-13,29H,9-10H2,1H3,(H,25,27)(H,26,28)/b24-13+. The molecule has 30 heavy (non-hydrogen) atoms. The van der Waals surface area contributed by atoms with Gasteiger partial charge in [-0.2, -0.15) is 5.10 Å². The molecule has 8 heteroatoms. The Balaban J connectivity index is 1.51. The predicted octanol–water partition coefficient (Wildman–Crippen LogP) is 4.19. The summed E-state index contributed by atoms with van der Waals surface area (Å²) in [5.41, 5.74) is 3.71. The van der Waals surface area contributed by atoms with Crippen LogP contribution in [0.2, 0.25) is 0 Å². The number of anilines is 1. The molecule has 0 unspecified atom stereocenters. The number of ether oxygens (including phenoxy) is 1. The number of halogens is 1. The van der Waals surface area contributed by atoms with Gasteiger partial charge in [0.1, 0.15) is 0 Å². The van der Waals surface area contributed by atoms with Crippen LogP contribution >= 0.6 is 15.9 Å². The van der Waals surface area contributed by atoms with E-state index in [1.807, 2.05) is 42.5 Å². The van der Waals surface area contributed by atoms with Gasteiger partial charge in [0.25, 0.3) is 0 Å². The number of benzene rings is 3. The Morgan fingerprint density at radius 3 is 2.63 bits per heavy atom. The van der Waals surface area contributed by atoms with Crippen LogP contribution in [0.15, 0.2) is 64.2 Å². The topological polar surface area (TPSA) is 100 Å². The number of carbonyl (C=O) groups is 2. The van der Waals surface area contributed by atoms with Crippen molar-refractivity contribution in [2.24, 2.45) is 5.10 Å². The minimum atomic E-state index is -0.385. The number of phenols is 1. The molecule has 0 aliphatic rings. The molecular weight excluding hydrogens is 450 g/mol. The Labute approximate surface area is 181 Å². The highest BCUT2D eigenvalue weighted by Crippen LogP contribution is 2.34. The van der Waals surface area contributed by atoms with Gasteiger partial charge in [0, 0.05) is 23.9 Å². The predicted molar refractivity (Wildman–Crippen MR) is 120 cm³/mol. The fourth-order valence-electron chi connectivity index (χ4n) is 2.83. The normalized spacial score (nSPS) is 10.9. The Morgan fingerprint density at radius 2 is 1.83 bits per heavy atom. The lowest BCUT2D eigenvalue weighted by atomic mass is 10.1. The van der Waals surface area contributed by atoms with E-state index in [0.717, 1.165) is 10.8 Å². The second-order valence-electron chi connectivity index (χ2n) is 6.42. The molecule has 0 aliphatic carbocycles. The highest BCUT2D eigenvalue weighted by molar-refractivity contribution is 9.10.